The van der Waals surface area contributed by atoms with Gasteiger partial charge in [0, 0.05) is 16.4 Å². The van der Waals surface area contributed by atoms with E-state index in [9.17, 15) is 8.42 Å². The Morgan fingerprint density at radius 3 is 2.40 bits per heavy atom. The van der Waals surface area contributed by atoms with Gasteiger partial charge in [0.05, 0.1) is 11.5 Å². The Labute approximate surface area is 97.7 Å². The Morgan fingerprint density at radius 2 is 1.93 bits per heavy atom. The normalized spacial score (nSPS) is 22.0. The Bertz CT molecular complexity index is 472. The minimum atomic E-state index is -2.87. The summed E-state index contributed by atoms with van der Waals surface area (Å²) >= 11 is 3.43. The van der Waals surface area contributed by atoms with Crippen molar-refractivity contribution in [2.45, 2.75) is 5.41 Å². The first-order chi connectivity index (χ1) is 6.99. The van der Waals surface area contributed by atoms with E-state index in [1.54, 1.807) is 0 Å². The molecule has 1 saturated heterocycles. The van der Waals surface area contributed by atoms with E-state index in [1.165, 1.54) is 0 Å². The van der Waals surface area contributed by atoms with E-state index in [2.05, 4.69) is 15.9 Å². The Kier molecular flexibility index (Phi) is 2.65. The lowest BCUT2D eigenvalue weighted by Crippen LogP contribution is -2.56. The first-order valence-electron chi connectivity index (χ1n) is 4.65. The second kappa shape index (κ2) is 3.57. The van der Waals surface area contributed by atoms with Crippen LogP contribution in [0.3, 0.4) is 0 Å². The molecule has 1 aromatic rings. The topological polar surface area (TPSA) is 60.2 Å². The first-order valence-corrected chi connectivity index (χ1v) is 7.26. The highest BCUT2D eigenvalue weighted by Crippen LogP contribution is 2.39. The van der Waals surface area contributed by atoms with Crippen LogP contribution in [-0.4, -0.2) is 26.5 Å². The number of sulfone groups is 1. The third-order valence-electron chi connectivity index (χ3n) is 2.83. The van der Waals surface area contributed by atoms with Crippen LogP contribution in [0.4, 0.5) is 0 Å². The van der Waals surface area contributed by atoms with Crippen LogP contribution in [0.5, 0.6) is 0 Å². The van der Waals surface area contributed by atoms with Crippen LogP contribution >= 0.6 is 15.9 Å². The minimum absolute atomic E-state index is 0.166. The zero-order valence-electron chi connectivity index (χ0n) is 8.11. The minimum Gasteiger partial charge on any atom is -0.330 e. The summed E-state index contributed by atoms with van der Waals surface area (Å²) < 4.78 is 23.5. The molecule has 15 heavy (non-hydrogen) atoms. The third kappa shape index (κ3) is 1.84. The van der Waals surface area contributed by atoms with Crippen molar-refractivity contribution in [3.05, 3.63) is 34.3 Å². The number of hydrogen-bond acceptors (Lipinski definition) is 3. The molecular weight excluding hydrogens is 278 g/mol. The molecule has 0 amide bonds. The molecule has 0 radical (unpaired) electrons. The van der Waals surface area contributed by atoms with Crippen LogP contribution < -0.4 is 5.73 Å². The predicted octanol–water partition coefficient (Wildman–Crippen LogP) is 1.07. The highest BCUT2D eigenvalue weighted by Gasteiger charge is 2.49. The molecule has 2 N–H and O–H groups in total. The highest BCUT2D eigenvalue weighted by atomic mass is 79.9. The van der Waals surface area contributed by atoms with Crippen LogP contribution in [0, 0.1) is 0 Å². The van der Waals surface area contributed by atoms with Crippen molar-refractivity contribution >= 4 is 25.8 Å². The van der Waals surface area contributed by atoms with Crippen molar-refractivity contribution < 1.29 is 8.42 Å². The van der Waals surface area contributed by atoms with Gasteiger partial charge in [-0.3, -0.25) is 0 Å². The summed E-state index contributed by atoms with van der Waals surface area (Å²) in [7, 11) is -2.87. The van der Waals surface area contributed by atoms with Gasteiger partial charge in [0.1, 0.15) is 0 Å². The fourth-order valence-corrected chi connectivity index (χ4v) is 4.93. The molecule has 0 atom stereocenters. The molecule has 1 aliphatic heterocycles. The van der Waals surface area contributed by atoms with Gasteiger partial charge >= 0.3 is 0 Å². The lowest BCUT2D eigenvalue weighted by molar-refractivity contribution is 0.463. The second-order valence-corrected chi connectivity index (χ2v) is 6.92. The van der Waals surface area contributed by atoms with Gasteiger partial charge in [0.2, 0.25) is 0 Å². The summed E-state index contributed by atoms with van der Waals surface area (Å²) in [6.45, 7) is 0.370. The van der Waals surface area contributed by atoms with Gasteiger partial charge in [0.15, 0.2) is 9.84 Å². The quantitative estimate of drug-likeness (QED) is 0.886. The van der Waals surface area contributed by atoms with E-state index in [1.807, 2.05) is 24.3 Å². The summed E-state index contributed by atoms with van der Waals surface area (Å²) in [6, 6.07) is 7.66. The molecule has 3 nitrogen and oxygen atoms in total. The fraction of sp³-hybridized carbons (Fsp3) is 0.400. The molecule has 5 heteroatoms. The molecule has 0 spiro atoms. The van der Waals surface area contributed by atoms with Crippen LogP contribution in [0.1, 0.15) is 5.56 Å². The highest BCUT2D eigenvalue weighted by molar-refractivity contribution is 9.10. The molecule has 1 heterocycles. The number of hydrogen-bond donors (Lipinski definition) is 1. The summed E-state index contributed by atoms with van der Waals surface area (Å²) in [5, 5.41) is 0. The molecule has 0 aliphatic carbocycles. The smallest absolute Gasteiger partial charge is 0.152 e. The summed E-state index contributed by atoms with van der Waals surface area (Å²) in [5.41, 5.74) is 6.33. The molecule has 0 unspecified atom stereocenters. The molecule has 0 bridgehead atoms. The maximum atomic E-state index is 11.3. The number of benzene rings is 1. The predicted molar refractivity (Wildman–Crippen MR) is 63.5 cm³/mol. The van der Waals surface area contributed by atoms with Gasteiger partial charge in [-0.1, -0.05) is 34.1 Å². The zero-order valence-corrected chi connectivity index (χ0v) is 10.5. The number of rotatable bonds is 2. The molecule has 0 aromatic heterocycles. The van der Waals surface area contributed by atoms with Gasteiger partial charge < -0.3 is 5.73 Å². The molecular formula is C10H12BrNO2S. The molecule has 2 rings (SSSR count). The van der Waals surface area contributed by atoms with Gasteiger partial charge in [-0.2, -0.15) is 0 Å². The monoisotopic (exact) mass is 289 g/mol. The van der Waals surface area contributed by atoms with Crippen molar-refractivity contribution in [3.63, 3.8) is 0 Å². The summed E-state index contributed by atoms with van der Waals surface area (Å²) in [6.07, 6.45) is 0. The van der Waals surface area contributed by atoms with E-state index in [0.717, 1.165) is 10.0 Å². The molecule has 0 saturated carbocycles. The largest absolute Gasteiger partial charge is 0.330 e. The van der Waals surface area contributed by atoms with Crippen molar-refractivity contribution in [1.82, 2.24) is 0 Å². The van der Waals surface area contributed by atoms with E-state index < -0.39 is 9.84 Å². The van der Waals surface area contributed by atoms with Crippen molar-refractivity contribution in [2.24, 2.45) is 5.73 Å². The van der Waals surface area contributed by atoms with E-state index in [0.29, 0.717) is 6.54 Å². The maximum absolute atomic E-state index is 11.3. The third-order valence-corrected chi connectivity index (χ3v) is 5.50. The van der Waals surface area contributed by atoms with E-state index in [-0.39, 0.29) is 16.9 Å². The summed E-state index contributed by atoms with van der Waals surface area (Å²) in [4.78, 5) is 0. The molecule has 1 fully saturated rings. The molecule has 82 valence electrons. The van der Waals surface area contributed by atoms with Gasteiger partial charge in [-0.25, -0.2) is 8.42 Å². The number of halogens is 1. The average Bonchev–Trinajstić information content (AvgIpc) is 2.14. The van der Waals surface area contributed by atoms with Crippen LogP contribution in [0.2, 0.25) is 0 Å². The maximum Gasteiger partial charge on any atom is 0.152 e. The van der Waals surface area contributed by atoms with E-state index in [4.69, 9.17) is 5.73 Å². The Hall–Kier alpha value is -0.390. The van der Waals surface area contributed by atoms with Crippen LogP contribution in [0.25, 0.3) is 0 Å². The first kappa shape index (κ1) is 11.1. The lowest BCUT2D eigenvalue weighted by atomic mass is 9.83. The Balaban J connectivity index is 2.42. The molecule has 1 aliphatic rings. The molecule has 1 aromatic carbocycles. The standard InChI is InChI=1S/C10H12BrNO2S/c11-9-4-2-1-3-8(9)10(5-12)6-15(13,14)7-10/h1-4H,5-7,12H2. The summed E-state index contributed by atoms with van der Waals surface area (Å²) in [5.74, 6) is 0.332. The van der Waals surface area contributed by atoms with Gasteiger partial charge in [-0.05, 0) is 11.6 Å². The second-order valence-electron chi connectivity index (χ2n) is 4.00. The lowest BCUT2D eigenvalue weighted by Gasteiger charge is -2.41. The van der Waals surface area contributed by atoms with Crippen LogP contribution in [-0.2, 0) is 15.3 Å². The zero-order chi connectivity index (χ0) is 11.1. The van der Waals surface area contributed by atoms with Crippen molar-refractivity contribution in [2.75, 3.05) is 18.1 Å². The Morgan fingerprint density at radius 1 is 1.33 bits per heavy atom. The fourth-order valence-electron chi connectivity index (χ4n) is 2.07. The van der Waals surface area contributed by atoms with Gasteiger partial charge in [0.25, 0.3) is 0 Å². The van der Waals surface area contributed by atoms with E-state index >= 15 is 0 Å². The van der Waals surface area contributed by atoms with Crippen molar-refractivity contribution in [1.29, 1.82) is 0 Å². The van der Waals surface area contributed by atoms with Crippen LogP contribution in [0.15, 0.2) is 28.7 Å². The van der Waals surface area contributed by atoms with Gasteiger partial charge in [-0.15, -0.1) is 0 Å². The average molecular weight is 290 g/mol. The SMILES string of the molecule is NCC1(c2ccccc2Br)CS(=O)(=O)C1. The number of nitrogens with two attached hydrogens (primary N) is 1. The van der Waals surface area contributed by atoms with Crippen molar-refractivity contribution in [3.8, 4) is 0 Å².